The maximum Gasteiger partial charge on any atom is 0.330 e. The molecule has 1 aromatic carbocycles. The normalized spacial score (nSPS) is 11.5. The van der Waals surface area contributed by atoms with Gasteiger partial charge >= 0.3 is 7.60 Å². The fourth-order valence-corrected chi connectivity index (χ4v) is 1.82. The van der Waals surface area contributed by atoms with Crippen molar-refractivity contribution in [2.75, 3.05) is 12.8 Å². The van der Waals surface area contributed by atoms with Crippen LogP contribution < -0.4 is 10.5 Å². The van der Waals surface area contributed by atoms with E-state index in [2.05, 4.69) is 0 Å². The minimum atomic E-state index is -4.30. The van der Waals surface area contributed by atoms with E-state index < -0.39 is 19.6 Å². The summed E-state index contributed by atoms with van der Waals surface area (Å²) < 4.78 is 28.7. The van der Waals surface area contributed by atoms with E-state index in [1.165, 1.54) is 13.2 Å². The van der Waals surface area contributed by atoms with Crippen molar-refractivity contribution in [2.45, 2.75) is 6.16 Å². The molecule has 84 valence electrons. The highest BCUT2D eigenvalue weighted by atomic mass is 31.2. The number of methoxy groups -OCH3 is 1. The monoisotopic (exact) mass is 235 g/mol. The molecule has 0 spiro atoms. The first-order valence-corrected chi connectivity index (χ1v) is 5.79. The molecule has 0 aliphatic rings. The minimum Gasteiger partial charge on any atom is -0.495 e. The summed E-state index contributed by atoms with van der Waals surface area (Å²) in [6, 6.07) is 2.16. The van der Waals surface area contributed by atoms with E-state index in [1.807, 2.05) is 0 Å². The van der Waals surface area contributed by atoms with Crippen LogP contribution in [0.3, 0.4) is 0 Å². The molecule has 4 N–H and O–H groups in total. The van der Waals surface area contributed by atoms with Gasteiger partial charge in [0.15, 0.2) is 0 Å². The van der Waals surface area contributed by atoms with Crippen LogP contribution in [0.4, 0.5) is 10.1 Å². The van der Waals surface area contributed by atoms with E-state index in [1.54, 1.807) is 0 Å². The van der Waals surface area contributed by atoms with Gasteiger partial charge in [0.25, 0.3) is 0 Å². The number of hydrogen-bond acceptors (Lipinski definition) is 3. The second kappa shape index (κ2) is 4.18. The molecule has 0 amide bonds. The van der Waals surface area contributed by atoms with Crippen LogP contribution in [-0.2, 0) is 10.7 Å². The Bertz CT molecular complexity index is 417. The Morgan fingerprint density at radius 3 is 2.60 bits per heavy atom. The lowest BCUT2D eigenvalue weighted by Gasteiger charge is -2.09. The number of anilines is 1. The van der Waals surface area contributed by atoms with E-state index in [0.29, 0.717) is 0 Å². The van der Waals surface area contributed by atoms with Gasteiger partial charge in [-0.3, -0.25) is 4.57 Å². The summed E-state index contributed by atoms with van der Waals surface area (Å²) in [6.07, 6.45) is -0.671. The van der Waals surface area contributed by atoms with Crippen molar-refractivity contribution in [3.63, 3.8) is 0 Å². The molecule has 0 atom stereocenters. The summed E-state index contributed by atoms with van der Waals surface area (Å²) in [5, 5.41) is 0. The Labute approximate surface area is 85.8 Å². The number of nitrogens with two attached hydrogens (primary N) is 1. The van der Waals surface area contributed by atoms with Crippen molar-refractivity contribution in [1.82, 2.24) is 0 Å². The number of rotatable bonds is 3. The van der Waals surface area contributed by atoms with Gasteiger partial charge in [-0.05, 0) is 6.07 Å². The highest BCUT2D eigenvalue weighted by molar-refractivity contribution is 7.50. The quantitative estimate of drug-likeness (QED) is 0.538. The van der Waals surface area contributed by atoms with Gasteiger partial charge in [0.1, 0.15) is 11.6 Å². The van der Waals surface area contributed by atoms with Crippen LogP contribution in [0.2, 0.25) is 0 Å². The van der Waals surface area contributed by atoms with E-state index in [-0.39, 0.29) is 17.0 Å². The van der Waals surface area contributed by atoms with Crippen molar-refractivity contribution in [3.8, 4) is 5.75 Å². The summed E-state index contributed by atoms with van der Waals surface area (Å²) in [4.78, 5) is 17.4. The molecule has 0 saturated carbocycles. The molecule has 0 unspecified atom stereocenters. The first kappa shape index (κ1) is 12.0. The van der Waals surface area contributed by atoms with Crippen LogP contribution >= 0.6 is 7.60 Å². The van der Waals surface area contributed by atoms with Crippen molar-refractivity contribution >= 4 is 13.3 Å². The van der Waals surface area contributed by atoms with Crippen LogP contribution in [0.15, 0.2) is 12.1 Å². The van der Waals surface area contributed by atoms with Gasteiger partial charge < -0.3 is 20.3 Å². The Morgan fingerprint density at radius 1 is 1.53 bits per heavy atom. The van der Waals surface area contributed by atoms with Gasteiger partial charge in [0, 0.05) is 11.6 Å². The molecule has 0 heterocycles. The predicted molar refractivity (Wildman–Crippen MR) is 53.1 cm³/mol. The summed E-state index contributed by atoms with van der Waals surface area (Å²) >= 11 is 0. The van der Waals surface area contributed by atoms with Gasteiger partial charge in [0.05, 0.1) is 19.0 Å². The van der Waals surface area contributed by atoms with E-state index in [4.69, 9.17) is 20.3 Å². The number of nitrogen functional groups attached to an aromatic ring is 1. The summed E-state index contributed by atoms with van der Waals surface area (Å²) in [5.74, 6) is -0.559. The molecular weight excluding hydrogens is 224 g/mol. The smallest absolute Gasteiger partial charge is 0.330 e. The molecule has 1 aromatic rings. The molecule has 0 radical (unpaired) electrons. The Morgan fingerprint density at radius 2 is 2.13 bits per heavy atom. The first-order chi connectivity index (χ1) is 6.83. The van der Waals surface area contributed by atoms with Crippen molar-refractivity contribution < 1.29 is 23.5 Å². The van der Waals surface area contributed by atoms with Crippen LogP contribution in [0.1, 0.15) is 5.56 Å². The number of ether oxygens (including phenoxy) is 1. The fraction of sp³-hybridized carbons (Fsp3) is 0.250. The molecule has 0 aliphatic carbocycles. The molecule has 0 fully saturated rings. The molecule has 1 rings (SSSR count). The average molecular weight is 235 g/mol. The van der Waals surface area contributed by atoms with E-state index in [0.717, 1.165) is 6.07 Å². The van der Waals surface area contributed by atoms with Gasteiger partial charge in [-0.15, -0.1) is 0 Å². The van der Waals surface area contributed by atoms with E-state index in [9.17, 15) is 8.96 Å². The van der Waals surface area contributed by atoms with Crippen molar-refractivity contribution in [3.05, 3.63) is 23.5 Å². The predicted octanol–water partition coefficient (Wildman–Crippen LogP) is 1.09. The van der Waals surface area contributed by atoms with E-state index >= 15 is 0 Å². The van der Waals surface area contributed by atoms with Crippen LogP contribution in [0.5, 0.6) is 5.75 Å². The van der Waals surface area contributed by atoms with Crippen molar-refractivity contribution in [2.24, 2.45) is 0 Å². The molecule has 5 nitrogen and oxygen atoms in total. The largest absolute Gasteiger partial charge is 0.495 e. The fourth-order valence-electron chi connectivity index (χ4n) is 1.13. The van der Waals surface area contributed by atoms with Crippen LogP contribution in [0.25, 0.3) is 0 Å². The van der Waals surface area contributed by atoms with Crippen LogP contribution in [0, 0.1) is 5.82 Å². The Hall–Kier alpha value is -1.10. The minimum absolute atomic E-state index is 0.0875. The van der Waals surface area contributed by atoms with Gasteiger partial charge in [0.2, 0.25) is 0 Å². The standard InChI is InChI=1S/C8H11FNO4P/c1-14-8-2-5(4-15(11,12)13)6(9)3-7(8)10/h2-3H,4,10H2,1H3,(H2,11,12,13). The topological polar surface area (TPSA) is 92.8 Å². The number of hydrogen-bond donors (Lipinski definition) is 3. The lowest BCUT2D eigenvalue weighted by atomic mass is 10.2. The molecule has 0 bridgehead atoms. The first-order valence-electron chi connectivity index (χ1n) is 4.00. The zero-order valence-electron chi connectivity index (χ0n) is 7.98. The average Bonchev–Trinajstić information content (AvgIpc) is 2.07. The molecule has 7 heteroatoms. The lowest BCUT2D eigenvalue weighted by molar-refractivity contribution is 0.370. The lowest BCUT2D eigenvalue weighted by Crippen LogP contribution is -1.98. The third-order valence-electron chi connectivity index (χ3n) is 1.78. The summed E-state index contributed by atoms with van der Waals surface area (Å²) in [5.41, 5.74) is 5.38. The van der Waals surface area contributed by atoms with Gasteiger partial charge in [-0.1, -0.05) is 0 Å². The van der Waals surface area contributed by atoms with Crippen molar-refractivity contribution in [1.29, 1.82) is 0 Å². The Kier molecular flexibility index (Phi) is 3.34. The zero-order chi connectivity index (χ0) is 11.6. The number of benzene rings is 1. The third kappa shape index (κ3) is 3.20. The molecule has 0 aliphatic heterocycles. The summed E-state index contributed by atoms with van der Waals surface area (Å²) in [6.45, 7) is 0. The molecule has 15 heavy (non-hydrogen) atoms. The highest BCUT2D eigenvalue weighted by Gasteiger charge is 2.18. The second-order valence-corrected chi connectivity index (χ2v) is 4.65. The van der Waals surface area contributed by atoms with Gasteiger partial charge in [-0.25, -0.2) is 4.39 Å². The van der Waals surface area contributed by atoms with Crippen LogP contribution in [-0.4, -0.2) is 16.9 Å². The third-order valence-corrected chi connectivity index (χ3v) is 2.53. The summed E-state index contributed by atoms with van der Waals surface area (Å²) in [7, 11) is -2.96. The van der Waals surface area contributed by atoms with Gasteiger partial charge in [-0.2, -0.15) is 0 Å². The molecule has 0 aromatic heterocycles. The highest BCUT2D eigenvalue weighted by Crippen LogP contribution is 2.41. The molecule has 0 saturated heterocycles. The maximum absolute atomic E-state index is 13.2. The zero-order valence-corrected chi connectivity index (χ0v) is 8.87. The Balaban J connectivity index is 3.13. The SMILES string of the molecule is COc1cc(CP(=O)(O)O)c(F)cc1N. The second-order valence-electron chi connectivity index (χ2n) is 3.01. The molecular formula is C8H11FNO4P. The number of halogens is 1. The maximum atomic E-state index is 13.2.